The van der Waals surface area contributed by atoms with Gasteiger partial charge in [-0.2, -0.15) is 17.9 Å². The lowest BCUT2D eigenvalue weighted by atomic mass is 9.98. The van der Waals surface area contributed by atoms with Gasteiger partial charge in [0.25, 0.3) is 6.29 Å². The number of fused-ring (bicyclic) bond motifs is 1. The number of halogens is 5. The Bertz CT molecular complexity index is 1790. The number of hydrogen-bond donors (Lipinski definition) is 0. The average Bonchev–Trinajstić information content (AvgIpc) is 3.35. The number of aromatic nitrogens is 1. The number of alkyl halides is 3. The highest BCUT2D eigenvalue weighted by Crippen LogP contribution is 2.41. The van der Waals surface area contributed by atoms with Crippen LogP contribution >= 0.6 is 23.2 Å². The van der Waals surface area contributed by atoms with E-state index in [0.29, 0.717) is 4.73 Å². The maximum Gasteiger partial charge on any atom is 0.417 e. The van der Waals surface area contributed by atoms with Gasteiger partial charge < -0.3 is 33.3 Å². The number of hydrogen-bond acceptors (Lipinski definition) is 12. The zero-order valence-corrected chi connectivity index (χ0v) is 27.8. The zero-order valence-electron chi connectivity index (χ0n) is 26.3. The van der Waals surface area contributed by atoms with Crippen LogP contribution in [0.3, 0.4) is 0 Å². The summed E-state index contributed by atoms with van der Waals surface area (Å²) in [5.74, 6) is -4.74. The monoisotopic (exact) mass is 733 g/mol. The molecule has 1 aliphatic heterocycles. The van der Waals surface area contributed by atoms with Gasteiger partial charge >= 0.3 is 36.0 Å². The van der Waals surface area contributed by atoms with Gasteiger partial charge in [0.05, 0.1) is 18.2 Å². The van der Waals surface area contributed by atoms with Crippen LogP contribution in [0.2, 0.25) is 10.0 Å². The van der Waals surface area contributed by atoms with Crippen molar-refractivity contribution in [3.63, 3.8) is 0 Å². The minimum absolute atomic E-state index is 0.00627. The van der Waals surface area contributed by atoms with Crippen LogP contribution in [0, 0.1) is 0 Å². The van der Waals surface area contributed by atoms with Crippen molar-refractivity contribution in [3.05, 3.63) is 57.7 Å². The Balaban J connectivity index is 1.98. The largest absolute Gasteiger partial charge is 0.464 e. The third kappa shape index (κ3) is 8.55. The fourth-order valence-corrected chi connectivity index (χ4v) is 5.65. The number of ether oxygens (including phenoxy) is 6. The van der Waals surface area contributed by atoms with Crippen LogP contribution in [0.15, 0.2) is 36.4 Å². The number of carbonyl (C=O) groups excluding carboxylic acids is 5. The van der Waals surface area contributed by atoms with E-state index in [1.54, 1.807) is 0 Å². The van der Waals surface area contributed by atoms with Crippen molar-refractivity contribution >= 4 is 64.0 Å². The van der Waals surface area contributed by atoms with Gasteiger partial charge in [-0.3, -0.25) is 19.2 Å². The highest BCUT2D eigenvalue weighted by Gasteiger charge is 2.54. The topological polar surface area (TPSA) is 155 Å². The molecule has 2 aromatic carbocycles. The van der Waals surface area contributed by atoms with Gasteiger partial charge in [0.2, 0.25) is 6.10 Å². The second-order valence-corrected chi connectivity index (χ2v) is 11.4. The van der Waals surface area contributed by atoms with E-state index in [0.717, 1.165) is 46.9 Å². The first-order chi connectivity index (χ1) is 22.9. The Morgan fingerprint density at radius 1 is 0.837 bits per heavy atom. The van der Waals surface area contributed by atoms with Crippen molar-refractivity contribution < 1.29 is 70.4 Å². The van der Waals surface area contributed by atoms with Crippen molar-refractivity contribution in [3.8, 4) is 11.1 Å². The van der Waals surface area contributed by atoms with E-state index < -0.39 is 90.0 Å². The van der Waals surface area contributed by atoms with E-state index >= 15 is 0 Å². The molecule has 1 aromatic heterocycles. The molecular weight excluding hydrogens is 706 g/mol. The molecule has 3 aromatic rings. The summed E-state index contributed by atoms with van der Waals surface area (Å²) in [7, 11) is 0.974. The molecule has 0 aliphatic carbocycles. The molecule has 5 atom stereocenters. The summed E-state index contributed by atoms with van der Waals surface area (Å²) in [6.45, 7) is 3.45. The predicted molar refractivity (Wildman–Crippen MR) is 162 cm³/mol. The summed E-state index contributed by atoms with van der Waals surface area (Å²) in [5, 5.41) is -0.298. The molecule has 0 N–H and O–H groups in total. The molecule has 0 bridgehead atoms. The highest BCUT2D eigenvalue weighted by atomic mass is 35.5. The maximum absolute atomic E-state index is 14.6. The fourth-order valence-electron chi connectivity index (χ4n) is 5.13. The number of nitrogens with zero attached hydrogens (tertiary/aromatic N) is 1. The quantitative estimate of drug-likeness (QED) is 0.216. The van der Waals surface area contributed by atoms with Crippen LogP contribution in [0.25, 0.3) is 22.0 Å². The van der Waals surface area contributed by atoms with Gasteiger partial charge in [-0.15, -0.1) is 0 Å². The number of benzene rings is 2. The summed E-state index contributed by atoms with van der Waals surface area (Å²) in [5.41, 5.74) is -2.06. The van der Waals surface area contributed by atoms with E-state index in [4.69, 9.17) is 56.5 Å². The number of methoxy groups -OCH3 is 1. The third-order valence-corrected chi connectivity index (χ3v) is 7.52. The molecule has 0 radical (unpaired) electrons. The van der Waals surface area contributed by atoms with Crippen LogP contribution in [-0.4, -0.2) is 79.0 Å². The Kier molecular flexibility index (Phi) is 11.4. The smallest absolute Gasteiger partial charge is 0.417 e. The van der Waals surface area contributed by atoms with Gasteiger partial charge in [0, 0.05) is 48.7 Å². The van der Waals surface area contributed by atoms with Crippen LogP contribution in [0.1, 0.15) is 43.7 Å². The molecule has 49 heavy (non-hydrogen) atoms. The van der Waals surface area contributed by atoms with Crippen LogP contribution in [0.5, 0.6) is 0 Å². The molecule has 1 saturated heterocycles. The van der Waals surface area contributed by atoms with Gasteiger partial charge in [-0.05, 0) is 35.9 Å². The lowest BCUT2D eigenvalue weighted by Crippen LogP contribution is -2.64. The molecule has 0 spiro atoms. The van der Waals surface area contributed by atoms with E-state index in [-0.39, 0.29) is 26.7 Å². The van der Waals surface area contributed by atoms with Gasteiger partial charge in [-0.1, -0.05) is 29.3 Å². The molecule has 1 fully saturated rings. The van der Waals surface area contributed by atoms with Crippen LogP contribution in [-0.2, 0) is 53.8 Å². The Morgan fingerprint density at radius 2 is 1.45 bits per heavy atom. The first-order valence-corrected chi connectivity index (χ1v) is 14.9. The van der Waals surface area contributed by atoms with Gasteiger partial charge in [-0.25, -0.2) is 4.79 Å². The van der Waals surface area contributed by atoms with E-state index in [1.165, 1.54) is 24.3 Å². The normalized spacial score (nSPS) is 20.7. The number of rotatable bonds is 9. The molecule has 4 rings (SSSR count). The lowest BCUT2D eigenvalue weighted by molar-refractivity contribution is -0.306. The molecule has 18 heteroatoms. The first-order valence-electron chi connectivity index (χ1n) is 14.2. The maximum atomic E-state index is 14.6. The number of carbonyl (C=O) groups is 5. The van der Waals surface area contributed by atoms with Crippen molar-refractivity contribution in [1.29, 1.82) is 0 Å². The molecule has 1 aliphatic rings. The van der Waals surface area contributed by atoms with Gasteiger partial charge in [0.1, 0.15) is 12.7 Å². The fraction of sp³-hybridized carbons (Fsp3) is 0.387. The molecule has 0 saturated carbocycles. The Hall–Kier alpha value is -4.54. The number of esters is 5. The molecule has 0 unspecified atom stereocenters. The minimum Gasteiger partial charge on any atom is -0.464 e. The molecule has 0 amide bonds. The van der Waals surface area contributed by atoms with E-state index in [2.05, 4.69) is 0 Å². The van der Waals surface area contributed by atoms with Crippen molar-refractivity contribution in [1.82, 2.24) is 4.73 Å². The molecule has 13 nitrogen and oxygen atoms in total. The van der Waals surface area contributed by atoms with Crippen LogP contribution in [0.4, 0.5) is 13.2 Å². The zero-order chi connectivity index (χ0) is 36.4. The minimum atomic E-state index is -4.97. The second kappa shape index (κ2) is 14.9. The summed E-state index contributed by atoms with van der Waals surface area (Å²) in [6, 6.07) is 7.04. The molecular formula is C31H28Cl2F3NO12. The van der Waals surface area contributed by atoms with Crippen molar-refractivity contribution in [2.75, 3.05) is 13.7 Å². The highest BCUT2D eigenvalue weighted by molar-refractivity contribution is 6.36. The van der Waals surface area contributed by atoms with Crippen LogP contribution < -0.4 is 4.84 Å². The Labute approximate surface area is 285 Å². The average molecular weight is 734 g/mol. The third-order valence-electron chi connectivity index (χ3n) is 6.98. The van der Waals surface area contributed by atoms with Crippen molar-refractivity contribution in [2.24, 2.45) is 0 Å². The standard InChI is InChI=1S/C31H28Cl2F3NO12/c1-13(38)44-12-25-26(45-14(2)39)27(46-15(3)40)28(47-16(4)41)30(48-25)49-37-23-9-17(19-7-6-18(32)10-22(19)33)8-21(31(34,35)36)20(23)11-24(37)29(42)43-5/h6-11,25-28,30H,12H2,1-5H3/t25-,26-,27+,28-,30+/m1/s1. The second-order valence-electron chi connectivity index (χ2n) is 10.6. The summed E-state index contributed by atoms with van der Waals surface area (Å²) < 4.78 is 76.2. The summed E-state index contributed by atoms with van der Waals surface area (Å²) >= 11 is 12.3. The SMILES string of the molecule is COC(=O)c1cc2c(C(F)(F)F)cc(-c3ccc(Cl)cc3Cl)cc2n1O[C@@H]1O[C@H](COC(C)=O)[C@@H](OC(C)=O)[C@H](OC(C)=O)[C@H]1OC(C)=O. The lowest BCUT2D eigenvalue weighted by Gasteiger charge is -2.43. The van der Waals surface area contributed by atoms with E-state index in [1.807, 2.05) is 0 Å². The first kappa shape index (κ1) is 37.3. The summed E-state index contributed by atoms with van der Waals surface area (Å²) in [4.78, 5) is 67.3. The molecule has 264 valence electrons. The predicted octanol–water partition coefficient (Wildman–Crippen LogP) is 4.93. The van der Waals surface area contributed by atoms with E-state index in [9.17, 15) is 37.1 Å². The van der Waals surface area contributed by atoms with Crippen molar-refractivity contribution in [2.45, 2.75) is 64.6 Å². The molecule has 2 heterocycles. The Morgan fingerprint density at radius 3 is 2.00 bits per heavy atom. The summed E-state index contributed by atoms with van der Waals surface area (Å²) in [6.07, 6.45) is -13.4. The van der Waals surface area contributed by atoms with Gasteiger partial charge in [0.15, 0.2) is 17.9 Å².